The van der Waals surface area contributed by atoms with Crippen LogP contribution in [0, 0.1) is 17.7 Å². The molecule has 0 aliphatic heterocycles. The van der Waals surface area contributed by atoms with E-state index in [1.54, 1.807) is 0 Å². The Morgan fingerprint density at radius 1 is 1.53 bits per heavy atom. The van der Waals surface area contributed by atoms with Crippen molar-refractivity contribution in [3.63, 3.8) is 0 Å². The highest BCUT2D eigenvalue weighted by Gasteiger charge is 2.10. The second-order valence-corrected chi connectivity index (χ2v) is 4.19. The Kier molecular flexibility index (Phi) is 4.18. The highest BCUT2D eigenvalue weighted by molar-refractivity contribution is 7.13. The van der Waals surface area contributed by atoms with E-state index in [1.165, 1.54) is 29.0 Å². The van der Waals surface area contributed by atoms with Crippen molar-refractivity contribution in [2.75, 3.05) is 11.9 Å². The van der Waals surface area contributed by atoms with E-state index in [0.29, 0.717) is 5.13 Å². The van der Waals surface area contributed by atoms with Gasteiger partial charge in [0.1, 0.15) is 17.9 Å². The molecule has 0 atom stereocenters. The lowest BCUT2D eigenvalue weighted by atomic mass is 10.1. The molecule has 0 saturated carbocycles. The van der Waals surface area contributed by atoms with Gasteiger partial charge in [-0.2, -0.15) is 0 Å². The third-order valence-corrected chi connectivity index (χ3v) is 2.72. The zero-order chi connectivity index (χ0) is 13.7. The first kappa shape index (κ1) is 13.1. The maximum atomic E-state index is 13.6. The molecule has 0 radical (unpaired) electrons. The first-order valence-corrected chi connectivity index (χ1v) is 6.05. The van der Waals surface area contributed by atoms with Crippen LogP contribution < -0.4 is 5.32 Å². The van der Waals surface area contributed by atoms with E-state index >= 15 is 0 Å². The molecule has 0 saturated heterocycles. The predicted octanol–water partition coefficient (Wildman–Crippen LogP) is 1.27. The van der Waals surface area contributed by atoms with Crippen molar-refractivity contribution in [2.45, 2.75) is 0 Å². The normalized spacial score (nSPS) is 9.58. The number of nitrogens with zero attached hydrogens (tertiary/aromatic N) is 2. The van der Waals surface area contributed by atoms with Crippen LogP contribution in [-0.4, -0.2) is 27.8 Å². The van der Waals surface area contributed by atoms with Gasteiger partial charge in [0.15, 0.2) is 0 Å². The highest BCUT2D eigenvalue weighted by Crippen LogP contribution is 2.13. The van der Waals surface area contributed by atoms with Crippen LogP contribution in [0.3, 0.4) is 0 Å². The highest BCUT2D eigenvalue weighted by atomic mass is 32.1. The van der Waals surface area contributed by atoms with Gasteiger partial charge in [0.25, 0.3) is 5.91 Å². The molecule has 0 unspecified atom stereocenters. The zero-order valence-electron chi connectivity index (χ0n) is 9.55. The summed E-state index contributed by atoms with van der Waals surface area (Å²) in [6, 6.07) is 3.91. The van der Waals surface area contributed by atoms with Crippen molar-refractivity contribution < 1.29 is 14.3 Å². The summed E-state index contributed by atoms with van der Waals surface area (Å²) in [7, 11) is 0. The third-order valence-electron chi connectivity index (χ3n) is 2.11. The smallest absolute Gasteiger partial charge is 0.257 e. The zero-order valence-corrected chi connectivity index (χ0v) is 10.4. The minimum atomic E-state index is -0.620. The fourth-order valence-electron chi connectivity index (χ4n) is 1.29. The molecule has 0 aliphatic carbocycles. The molecule has 0 aliphatic rings. The second kappa shape index (κ2) is 6.04. The molecular formula is C12H8FN3O2S. The van der Waals surface area contributed by atoms with Gasteiger partial charge in [-0.05, 0) is 18.2 Å². The van der Waals surface area contributed by atoms with Gasteiger partial charge in [-0.1, -0.05) is 23.2 Å². The summed E-state index contributed by atoms with van der Waals surface area (Å²) in [5.41, 5.74) is 1.76. The molecule has 0 fully saturated rings. The fraction of sp³-hybridized carbons (Fsp3) is 0.0833. The van der Waals surface area contributed by atoms with E-state index in [0.717, 1.165) is 6.07 Å². The lowest BCUT2D eigenvalue weighted by Gasteiger charge is -2.02. The van der Waals surface area contributed by atoms with Crippen molar-refractivity contribution in [3.8, 4) is 11.8 Å². The number of nitrogens with one attached hydrogen (secondary N) is 1. The number of aliphatic hydroxyl groups is 1. The van der Waals surface area contributed by atoms with E-state index in [1.807, 2.05) is 0 Å². The summed E-state index contributed by atoms with van der Waals surface area (Å²) < 4.78 is 13.6. The van der Waals surface area contributed by atoms with Crippen LogP contribution in [0.4, 0.5) is 9.52 Å². The Labute approximate surface area is 112 Å². The summed E-state index contributed by atoms with van der Waals surface area (Å²) >= 11 is 1.17. The average molecular weight is 277 g/mol. The Bertz CT molecular complexity index is 647. The summed E-state index contributed by atoms with van der Waals surface area (Å²) in [6.07, 6.45) is 0. The second-order valence-electron chi connectivity index (χ2n) is 3.35. The first-order valence-electron chi connectivity index (χ1n) is 5.17. The Hall–Kier alpha value is -2.30. The predicted molar refractivity (Wildman–Crippen MR) is 68.2 cm³/mol. The van der Waals surface area contributed by atoms with Gasteiger partial charge in [0.05, 0.1) is 5.56 Å². The number of carbonyl (C=O) groups excluding carboxylic acids is 1. The Balaban J connectivity index is 2.17. The van der Waals surface area contributed by atoms with Gasteiger partial charge in [-0.25, -0.2) is 4.39 Å². The number of anilines is 1. The monoisotopic (exact) mass is 277 g/mol. The van der Waals surface area contributed by atoms with Crippen LogP contribution in [0.5, 0.6) is 0 Å². The topological polar surface area (TPSA) is 75.1 Å². The van der Waals surface area contributed by atoms with Crippen LogP contribution in [0.1, 0.15) is 15.9 Å². The molecule has 1 aromatic carbocycles. The van der Waals surface area contributed by atoms with Gasteiger partial charge in [0.2, 0.25) is 5.13 Å². The standard InChI is InChI=1S/C12H8FN3O2S/c13-10-6-9(4-3-8(10)2-1-5-17)11(18)15-12-16-14-7-19-12/h3-4,6-7,17H,5H2,(H,15,16,18). The molecule has 7 heteroatoms. The van der Waals surface area contributed by atoms with Crippen molar-refractivity contribution in [1.82, 2.24) is 10.2 Å². The summed E-state index contributed by atoms with van der Waals surface area (Å²) in [5, 5.41) is 18.6. The number of aromatic nitrogens is 2. The number of carbonyl (C=O) groups is 1. The van der Waals surface area contributed by atoms with Gasteiger partial charge in [-0.15, -0.1) is 10.2 Å². The van der Waals surface area contributed by atoms with E-state index < -0.39 is 11.7 Å². The SMILES string of the molecule is O=C(Nc1nncs1)c1ccc(C#CCO)c(F)c1. The third kappa shape index (κ3) is 3.34. The number of halogens is 1. The van der Waals surface area contributed by atoms with Gasteiger partial charge in [-0.3, -0.25) is 10.1 Å². The molecule has 19 heavy (non-hydrogen) atoms. The molecule has 0 spiro atoms. The van der Waals surface area contributed by atoms with Crippen LogP contribution >= 0.6 is 11.3 Å². The number of amides is 1. The van der Waals surface area contributed by atoms with Crippen LogP contribution in [0.15, 0.2) is 23.7 Å². The number of aliphatic hydroxyl groups excluding tert-OH is 1. The largest absolute Gasteiger partial charge is 0.384 e. The molecule has 2 N–H and O–H groups in total. The quantitative estimate of drug-likeness (QED) is 0.811. The van der Waals surface area contributed by atoms with Gasteiger partial charge >= 0.3 is 0 Å². The Morgan fingerprint density at radius 3 is 3.00 bits per heavy atom. The number of hydrogen-bond donors (Lipinski definition) is 2. The van der Waals surface area contributed by atoms with E-state index in [2.05, 4.69) is 27.4 Å². The van der Waals surface area contributed by atoms with E-state index in [4.69, 9.17) is 5.11 Å². The van der Waals surface area contributed by atoms with Crippen LogP contribution in [-0.2, 0) is 0 Å². The number of rotatable bonds is 2. The molecule has 96 valence electrons. The molecular weight excluding hydrogens is 269 g/mol. The molecule has 1 heterocycles. The van der Waals surface area contributed by atoms with E-state index in [9.17, 15) is 9.18 Å². The van der Waals surface area contributed by atoms with Crippen molar-refractivity contribution in [2.24, 2.45) is 0 Å². The molecule has 5 nitrogen and oxygen atoms in total. The minimum absolute atomic E-state index is 0.126. The van der Waals surface area contributed by atoms with Gasteiger partial charge in [0, 0.05) is 5.56 Å². The van der Waals surface area contributed by atoms with Crippen LogP contribution in [0.2, 0.25) is 0 Å². The summed E-state index contributed by atoms with van der Waals surface area (Å²) in [6.45, 7) is -0.348. The van der Waals surface area contributed by atoms with E-state index in [-0.39, 0.29) is 17.7 Å². The molecule has 1 amide bonds. The summed E-state index contributed by atoms with van der Waals surface area (Å²) in [5.74, 6) is 3.69. The fourth-order valence-corrected chi connectivity index (χ4v) is 1.73. The van der Waals surface area contributed by atoms with Crippen LogP contribution in [0.25, 0.3) is 0 Å². The number of benzene rings is 1. The van der Waals surface area contributed by atoms with Crippen molar-refractivity contribution in [1.29, 1.82) is 0 Å². The Morgan fingerprint density at radius 2 is 2.37 bits per heavy atom. The lowest BCUT2D eigenvalue weighted by Crippen LogP contribution is -2.12. The first-order chi connectivity index (χ1) is 9.20. The maximum absolute atomic E-state index is 13.6. The summed E-state index contributed by atoms with van der Waals surface area (Å²) in [4.78, 5) is 11.8. The number of hydrogen-bond acceptors (Lipinski definition) is 5. The lowest BCUT2D eigenvalue weighted by molar-refractivity contribution is 0.102. The van der Waals surface area contributed by atoms with Gasteiger partial charge < -0.3 is 5.11 Å². The van der Waals surface area contributed by atoms with Crippen molar-refractivity contribution in [3.05, 3.63) is 40.7 Å². The average Bonchev–Trinajstić information content (AvgIpc) is 2.90. The molecule has 2 aromatic rings. The minimum Gasteiger partial charge on any atom is -0.384 e. The molecule has 0 bridgehead atoms. The van der Waals surface area contributed by atoms with Crippen molar-refractivity contribution >= 4 is 22.4 Å². The molecule has 1 aromatic heterocycles. The maximum Gasteiger partial charge on any atom is 0.257 e. The molecule has 2 rings (SSSR count).